The number of oxazole rings is 1. The van der Waals surface area contributed by atoms with Crippen LogP contribution in [0.3, 0.4) is 0 Å². The number of hydrogen-bond acceptors (Lipinski definition) is 4. The molecule has 0 aliphatic rings. The Balaban J connectivity index is 2.50. The second kappa shape index (κ2) is 4.45. The number of rotatable bonds is 4. The standard InChI is InChI=1S/C9H12N2O3/c1-6-5-11-9(14-6)7(2)10-4-3-8(12)13/h3-5,7,10H,1-2H3,(H,12,13)/b4-3+. The van der Waals surface area contributed by atoms with Crippen LogP contribution in [0.2, 0.25) is 0 Å². The smallest absolute Gasteiger partial charge is 0.329 e. The minimum atomic E-state index is -0.992. The third-order valence-electron chi connectivity index (χ3n) is 1.58. The lowest BCUT2D eigenvalue weighted by Crippen LogP contribution is -2.12. The zero-order chi connectivity index (χ0) is 10.6. The quantitative estimate of drug-likeness (QED) is 0.708. The van der Waals surface area contributed by atoms with Crippen molar-refractivity contribution in [2.75, 3.05) is 0 Å². The van der Waals surface area contributed by atoms with E-state index in [1.54, 1.807) is 13.1 Å². The highest BCUT2D eigenvalue weighted by Gasteiger charge is 2.08. The third kappa shape index (κ3) is 2.93. The molecule has 5 nitrogen and oxygen atoms in total. The lowest BCUT2D eigenvalue weighted by Gasteiger charge is -2.05. The van der Waals surface area contributed by atoms with Gasteiger partial charge in [-0.2, -0.15) is 0 Å². The maximum absolute atomic E-state index is 10.2. The number of nitrogens with one attached hydrogen (secondary N) is 1. The zero-order valence-corrected chi connectivity index (χ0v) is 8.02. The van der Waals surface area contributed by atoms with Crippen molar-refractivity contribution in [3.8, 4) is 0 Å². The molecule has 2 N–H and O–H groups in total. The number of hydrogen-bond donors (Lipinski definition) is 2. The van der Waals surface area contributed by atoms with Crippen molar-refractivity contribution >= 4 is 5.97 Å². The summed E-state index contributed by atoms with van der Waals surface area (Å²) in [7, 11) is 0. The minimum absolute atomic E-state index is 0.140. The Bertz CT molecular complexity index is 344. The highest BCUT2D eigenvalue weighted by molar-refractivity contribution is 5.79. The van der Waals surface area contributed by atoms with Crippen LogP contribution in [0.4, 0.5) is 0 Å². The van der Waals surface area contributed by atoms with Crippen molar-refractivity contribution < 1.29 is 14.3 Å². The Morgan fingerprint density at radius 2 is 2.50 bits per heavy atom. The fourth-order valence-corrected chi connectivity index (χ4v) is 0.907. The van der Waals surface area contributed by atoms with E-state index in [0.29, 0.717) is 5.89 Å². The van der Waals surface area contributed by atoms with Crippen molar-refractivity contribution in [3.05, 3.63) is 30.1 Å². The summed E-state index contributed by atoms with van der Waals surface area (Å²) in [5.41, 5.74) is 0. The van der Waals surface area contributed by atoms with Gasteiger partial charge in [-0.05, 0) is 13.8 Å². The summed E-state index contributed by atoms with van der Waals surface area (Å²) < 4.78 is 5.25. The molecule has 1 atom stereocenters. The van der Waals surface area contributed by atoms with Gasteiger partial charge in [-0.3, -0.25) is 0 Å². The first-order valence-corrected chi connectivity index (χ1v) is 4.17. The molecule has 14 heavy (non-hydrogen) atoms. The van der Waals surface area contributed by atoms with E-state index < -0.39 is 5.97 Å². The van der Waals surface area contributed by atoms with Gasteiger partial charge in [-0.25, -0.2) is 9.78 Å². The Hall–Kier alpha value is -1.78. The van der Waals surface area contributed by atoms with Crippen LogP contribution in [0.1, 0.15) is 24.6 Å². The van der Waals surface area contributed by atoms with Gasteiger partial charge in [-0.1, -0.05) is 0 Å². The Labute approximate surface area is 81.5 Å². The number of carboxylic acid groups (broad SMARTS) is 1. The molecule has 1 unspecified atom stereocenters. The SMILES string of the molecule is Cc1cnc(C(C)N/C=C/C(=O)O)o1. The predicted octanol–water partition coefficient (Wildman–Crippen LogP) is 1.23. The molecule has 0 saturated heterocycles. The van der Waals surface area contributed by atoms with Gasteiger partial charge in [0.05, 0.1) is 12.2 Å². The van der Waals surface area contributed by atoms with Crippen molar-refractivity contribution in [2.45, 2.75) is 19.9 Å². The lowest BCUT2D eigenvalue weighted by atomic mass is 10.3. The molecular formula is C9H12N2O3. The molecular weight excluding hydrogens is 184 g/mol. The normalized spacial score (nSPS) is 13.0. The Morgan fingerprint density at radius 1 is 1.79 bits per heavy atom. The number of aryl methyl sites for hydroxylation is 1. The van der Waals surface area contributed by atoms with Crippen molar-refractivity contribution in [2.24, 2.45) is 0 Å². The largest absolute Gasteiger partial charge is 0.478 e. The topological polar surface area (TPSA) is 75.4 Å². The van der Waals surface area contributed by atoms with Crippen LogP contribution in [-0.2, 0) is 4.79 Å². The molecule has 0 aliphatic carbocycles. The minimum Gasteiger partial charge on any atom is -0.478 e. The highest BCUT2D eigenvalue weighted by Crippen LogP contribution is 2.11. The highest BCUT2D eigenvalue weighted by atomic mass is 16.4. The molecule has 76 valence electrons. The fourth-order valence-electron chi connectivity index (χ4n) is 0.907. The molecule has 1 aromatic rings. The number of carboxylic acids is 1. The molecule has 0 bridgehead atoms. The summed E-state index contributed by atoms with van der Waals surface area (Å²) in [6.07, 6.45) is 3.99. The van der Waals surface area contributed by atoms with Crippen LogP contribution in [0.15, 0.2) is 22.9 Å². The van der Waals surface area contributed by atoms with E-state index in [9.17, 15) is 4.79 Å². The van der Waals surface area contributed by atoms with Crippen molar-refractivity contribution in [1.82, 2.24) is 10.3 Å². The first-order chi connectivity index (χ1) is 6.59. The van der Waals surface area contributed by atoms with E-state index in [2.05, 4.69) is 10.3 Å². The second-order valence-corrected chi connectivity index (χ2v) is 2.87. The molecule has 0 fully saturated rings. The molecule has 0 amide bonds. The lowest BCUT2D eigenvalue weighted by molar-refractivity contribution is -0.131. The van der Waals surface area contributed by atoms with E-state index in [4.69, 9.17) is 9.52 Å². The van der Waals surface area contributed by atoms with Crippen LogP contribution >= 0.6 is 0 Å². The monoisotopic (exact) mass is 196 g/mol. The Morgan fingerprint density at radius 3 is 3.00 bits per heavy atom. The average Bonchev–Trinajstić information content (AvgIpc) is 2.51. The maximum atomic E-state index is 10.2. The third-order valence-corrected chi connectivity index (χ3v) is 1.58. The summed E-state index contributed by atoms with van der Waals surface area (Å²) in [4.78, 5) is 14.2. The van der Waals surface area contributed by atoms with E-state index in [0.717, 1.165) is 11.8 Å². The summed E-state index contributed by atoms with van der Waals surface area (Å²) in [5.74, 6) is 0.279. The van der Waals surface area contributed by atoms with E-state index in [1.807, 2.05) is 6.92 Å². The zero-order valence-electron chi connectivity index (χ0n) is 8.02. The number of aromatic nitrogens is 1. The molecule has 0 radical (unpaired) electrons. The number of aliphatic carboxylic acids is 1. The van der Waals surface area contributed by atoms with E-state index in [-0.39, 0.29) is 6.04 Å². The average molecular weight is 196 g/mol. The van der Waals surface area contributed by atoms with Crippen molar-refractivity contribution in [3.63, 3.8) is 0 Å². The van der Waals surface area contributed by atoms with Crippen LogP contribution in [-0.4, -0.2) is 16.1 Å². The molecule has 0 spiro atoms. The first-order valence-electron chi connectivity index (χ1n) is 4.17. The molecule has 0 aromatic carbocycles. The van der Waals surface area contributed by atoms with E-state index >= 15 is 0 Å². The van der Waals surface area contributed by atoms with Gasteiger partial charge in [0.25, 0.3) is 0 Å². The maximum Gasteiger partial charge on any atom is 0.329 e. The summed E-state index contributed by atoms with van der Waals surface area (Å²) in [6.45, 7) is 3.63. The molecule has 0 aliphatic heterocycles. The van der Waals surface area contributed by atoms with Gasteiger partial charge < -0.3 is 14.8 Å². The van der Waals surface area contributed by atoms with Gasteiger partial charge in [0.15, 0.2) is 0 Å². The fraction of sp³-hybridized carbons (Fsp3) is 0.333. The molecule has 1 rings (SSSR count). The second-order valence-electron chi connectivity index (χ2n) is 2.87. The number of carbonyl (C=O) groups is 1. The molecule has 1 heterocycles. The van der Waals surface area contributed by atoms with Crippen LogP contribution < -0.4 is 5.32 Å². The summed E-state index contributed by atoms with van der Waals surface area (Å²) >= 11 is 0. The van der Waals surface area contributed by atoms with Crippen molar-refractivity contribution in [1.29, 1.82) is 0 Å². The van der Waals surface area contributed by atoms with Gasteiger partial charge >= 0.3 is 5.97 Å². The van der Waals surface area contributed by atoms with Crippen LogP contribution in [0.25, 0.3) is 0 Å². The van der Waals surface area contributed by atoms with Gasteiger partial charge in [0.2, 0.25) is 5.89 Å². The van der Waals surface area contributed by atoms with Gasteiger partial charge in [-0.15, -0.1) is 0 Å². The molecule has 1 aromatic heterocycles. The predicted molar refractivity (Wildman–Crippen MR) is 49.6 cm³/mol. The Kier molecular flexibility index (Phi) is 3.28. The summed E-state index contributed by atoms with van der Waals surface area (Å²) in [6, 6.07) is -0.140. The molecule has 5 heteroatoms. The van der Waals surface area contributed by atoms with Crippen LogP contribution in [0.5, 0.6) is 0 Å². The molecule has 0 saturated carbocycles. The number of nitrogens with zero attached hydrogens (tertiary/aromatic N) is 1. The van der Waals surface area contributed by atoms with Gasteiger partial charge in [0, 0.05) is 12.3 Å². The summed E-state index contributed by atoms with van der Waals surface area (Å²) in [5, 5.41) is 11.2. The van der Waals surface area contributed by atoms with E-state index in [1.165, 1.54) is 6.20 Å². The van der Waals surface area contributed by atoms with Crippen LogP contribution in [0, 0.1) is 6.92 Å². The first kappa shape index (κ1) is 10.3. The van der Waals surface area contributed by atoms with Gasteiger partial charge in [0.1, 0.15) is 5.76 Å².